The number of rotatable bonds is 5. The van der Waals surface area contributed by atoms with Crippen LogP contribution in [0.1, 0.15) is 62.4 Å². The van der Waals surface area contributed by atoms with Crippen LogP contribution in [-0.4, -0.2) is 17.4 Å². The molecule has 0 saturated carbocycles. The lowest BCUT2D eigenvalue weighted by Crippen LogP contribution is -2.11. The summed E-state index contributed by atoms with van der Waals surface area (Å²) in [6, 6.07) is 3.83. The van der Waals surface area contributed by atoms with Crippen molar-refractivity contribution in [3.8, 4) is 0 Å². The van der Waals surface area contributed by atoms with Gasteiger partial charge in [0.1, 0.15) is 0 Å². The number of nitrogens with one attached hydrogen (secondary N) is 1. The second-order valence-electron chi connectivity index (χ2n) is 7.02. The van der Waals surface area contributed by atoms with Gasteiger partial charge in [0, 0.05) is 29.1 Å². The van der Waals surface area contributed by atoms with Crippen molar-refractivity contribution < 1.29 is 0 Å². The van der Waals surface area contributed by atoms with Gasteiger partial charge in [-0.2, -0.15) is 0 Å². The van der Waals surface area contributed by atoms with E-state index in [-0.39, 0.29) is 0 Å². The Morgan fingerprint density at radius 1 is 1.26 bits per heavy atom. The topological polar surface area (TPSA) is 75.1 Å². The SMILES string of the molecule is C\C=C(C)/C=N/C(=C/CC)c1nc2ccc(N)c(C=N)c2c2c1CCCC2. The van der Waals surface area contributed by atoms with E-state index in [2.05, 4.69) is 26.0 Å². The van der Waals surface area contributed by atoms with Crippen LogP contribution in [0.4, 0.5) is 5.69 Å². The first-order chi connectivity index (χ1) is 13.1. The first kappa shape index (κ1) is 19.0. The van der Waals surface area contributed by atoms with Gasteiger partial charge >= 0.3 is 0 Å². The molecule has 0 atom stereocenters. The molecule has 3 N–H and O–H groups in total. The van der Waals surface area contributed by atoms with Crippen molar-refractivity contribution in [1.82, 2.24) is 4.98 Å². The van der Waals surface area contributed by atoms with Crippen LogP contribution in [0.15, 0.2) is 34.9 Å². The summed E-state index contributed by atoms with van der Waals surface area (Å²) in [6.45, 7) is 6.19. The summed E-state index contributed by atoms with van der Waals surface area (Å²) in [4.78, 5) is 9.77. The van der Waals surface area contributed by atoms with Crippen molar-refractivity contribution in [3.05, 3.63) is 52.2 Å². The van der Waals surface area contributed by atoms with Gasteiger partial charge in [-0.15, -0.1) is 0 Å². The molecule has 4 heteroatoms. The third-order valence-electron chi connectivity index (χ3n) is 5.19. The van der Waals surface area contributed by atoms with E-state index in [9.17, 15) is 0 Å². The van der Waals surface area contributed by atoms with Crippen LogP contribution in [0.2, 0.25) is 0 Å². The highest BCUT2D eigenvalue weighted by molar-refractivity contribution is 6.05. The predicted molar refractivity (Wildman–Crippen MR) is 117 cm³/mol. The largest absolute Gasteiger partial charge is 0.398 e. The fraction of sp³-hybridized carbons (Fsp3) is 0.348. The highest BCUT2D eigenvalue weighted by Crippen LogP contribution is 2.36. The van der Waals surface area contributed by atoms with E-state index in [0.29, 0.717) is 5.69 Å². The predicted octanol–water partition coefficient (Wildman–Crippen LogP) is 5.48. The average Bonchev–Trinajstić information content (AvgIpc) is 2.70. The Kier molecular flexibility index (Phi) is 5.84. The highest BCUT2D eigenvalue weighted by Gasteiger charge is 2.22. The molecule has 0 unspecified atom stereocenters. The Bertz CT molecular complexity index is 964. The van der Waals surface area contributed by atoms with Crippen LogP contribution in [0.5, 0.6) is 0 Å². The fourth-order valence-electron chi connectivity index (χ4n) is 3.68. The quantitative estimate of drug-likeness (QED) is 0.547. The number of nitrogens with two attached hydrogens (primary N) is 1. The summed E-state index contributed by atoms with van der Waals surface area (Å²) in [5.41, 5.74) is 14.1. The number of pyridine rings is 1. The Balaban J connectivity index is 2.30. The number of aromatic nitrogens is 1. The van der Waals surface area contributed by atoms with Crippen LogP contribution in [0, 0.1) is 5.41 Å². The van der Waals surface area contributed by atoms with Crippen molar-refractivity contribution in [2.75, 3.05) is 5.73 Å². The smallest absolute Gasteiger partial charge is 0.0925 e. The van der Waals surface area contributed by atoms with Crippen LogP contribution in [0.3, 0.4) is 0 Å². The molecule has 4 nitrogen and oxygen atoms in total. The third kappa shape index (κ3) is 3.70. The normalized spacial score (nSPS) is 15.4. The number of nitrogens with zero attached hydrogens (tertiary/aromatic N) is 2. The van der Waals surface area contributed by atoms with E-state index in [4.69, 9.17) is 21.1 Å². The van der Waals surface area contributed by atoms with Gasteiger partial charge in [-0.05, 0) is 74.8 Å². The lowest BCUT2D eigenvalue weighted by molar-refractivity contribution is 0.685. The van der Waals surface area contributed by atoms with Crippen molar-refractivity contribution in [1.29, 1.82) is 5.41 Å². The fourth-order valence-corrected chi connectivity index (χ4v) is 3.68. The van der Waals surface area contributed by atoms with Crippen LogP contribution in [0.25, 0.3) is 16.6 Å². The number of benzene rings is 1. The highest BCUT2D eigenvalue weighted by atomic mass is 14.8. The molecule has 0 spiro atoms. The number of allylic oxidation sites excluding steroid dienone is 3. The number of aryl methyl sites for hydroxylation is 1. The molecule has 0 bridgehead atoms. The van der Waals surface area contributed by atoms with Gasteiger partial charge in [-0.25, -0.2) is 4.98 Å². The Morgan fingerprint density at radius 3 is 2.67 bits per heavy atom. The monoisotopic (exact) mass is 360 g/mol. The molecule has 27 heavy (non-hydrogen) atoms. The standard InChI is InChI=1S/C23H28N4/c1-4-8-21(26-14-15(3)5-2)23-17-10-7-6-9-16(17)22-18(13-24)19(25)11-12-20(22)27-23/h5,8,11-14,24H,4,6-7,9-10,25H2,1-3H3/b15-5-,21-8+,24-13?,26-14+. The number of fused-ring (bicyclic) bond motifs is 3. The molecule has 0 fully saturated rings. The summed E-state index contributed by atoms with van der Waals surface area (Å²) in [5, 5.41) is 8.90. The first-order valence-corrected chi connectivity index (χ1v) is 9.72. The van der Waals surface area contributed by atoms with E-state index < -0.39 is 0 Å². The summed E-state index contributed by atoms with van der Waals surface area (Å²) in [7, 11) is 0. The number of aliphatic imine (C=N–C) groups is 1. The van der Waals surface area contributed by atoms with Gasteiger partial charge in [0.25, 0.3) is 0 Å². The molecular weight excluding hydrogens is 332 g/mol. The van der Waals surface area contributed by atoms with Crippen LogP contribution >= 0.6 is 0 Å². The molecule has 1 aliphatic carbocycles. The number of hydrogen-bond donors (Lipinski definition) is 2. The number of nitrogen functional groups attached to an aromatic ring is 1. The van der Waals surface area contributed by atoms with Gasteiger partial charge in [0.05, 0.1) is 16.9 Å². The Morgan fingerprint density at radius 2 is 2.00 bits per heavy atom. The van der Waals surface area contributed by atoms with Gasteiger partial charge < -0.3 is 11.1 Å². The molecule has 3 rings (SSSR count). The Labute approximate surface area is 161 Å². The lowest BCUT2D eigenvalue weighted by Gasteiger charge is -2.23. The molecule has 0 saturated heterocycles. The van der Waals surface area contributed by atoms with E-state index in [1.807, 2.05) is 25.3 Å². The first-order valence-electron chi connectivity index (χ1n) is 9.72. The molecular formula is C23H28N4. The summed E-state index contributed by atoms with van der Waals surface area (Å²) in [5.74, 6) is 0. The zero-order valence-corrected chi connectivity index (χ0v) is 16.5. The molecule has 0 radical (unpaired) electrons. The maximum atomic E-state index is 7.85. The molecule has 1 heterocycles. The van der Waals surface area contributed by atoms with E-state index >= 15 is 0 Å². The molecule has 0 amide bonds. The third-order valence-corrected chi connectivity index (χ3v) is 5.19. The lowest BCUT2D eigenvalue weighted by atomic mass is 9.85. The summed E-state index contributed by atoms with van der Waals surface area (Å²) >= 11 is 0. The van der Waals surface area contributed by atoms with Crippen LogP contribution in [-0.2, 0) is 12.8 Å². The molecule has 1 aliphatic rings. The number of hydrogen-bond acceptors (Lipinski definition) is 4. The summed E-state index contributed by atoms with van der Waals surface area (Å²) in [6.07, 6.45) is 12.7. The molecule has 2 aromatic rings. The second kappa shape index (κ2) is 8.30. The van der Waals surface area contributed by atoms with E-state index in [1.165, 1.54) is 17.3 Å². The zero-order chi connectivity index (χ0) is 19.4. The molecule has 1 aromatic heterocycles. The zero-order valence-electron chi connectivity index (χ0n) is 16.5. The van der Waals surface area contributed by atoms with Crippen molar-refractivity contribution in [3.63, 3.8) is 0 Å². The molecule has 0 aliphatic heterocycles. The Hall–Kier alpha value is -2.75. The average molecular weight is 361 g/mol. The van der Waals surface area contributed by atoms with Crippen molar-refractivity contribution >= 4 is 34.7 Å². The van der Waals surface area contributed by atoms with E-state index in [0.717, 1.165) is 65.5 Å². The van der Waals surface area contributed by atoms with Gasteiger partial charge in [-0.1, -0.05) is 19.1 Å². The molecule has 140 valence electrons. The minimum atomic E-state index is 0.644. The minimum Gasteiger partial charge on any atom is -0.398 e. The van der Waals surface area contributed by atoms with Gasteiger partial charge in [-0.3, -0.25) is 4.99 Å². The minimum absolute atomic E-state index is 0.644. The van der Waals surface area contributed by atoms with Crippen LogP contribution < -0.4 is 5.73 Å². The second-order valence-corrected chi connectivity index (χ2v) is 7.02. The van der Waals surface area contributed by atoms with Crippen molar-refractivity contribution in [2.24, 2.45) is 4.99 Å². The van der Waals surface area contributed by atoms with Gasteiger partial charge in [0.2, 0.25) is 0 Å². The molecule has 1 aromatic carbocycles. The maximum Gasteiger partial charge on any atom is 0.0925 e. The summed E-state index contributed by atoms with van der Waals surface area (Å²) < 4.78 is 0. The maximum absolute atomic E-state index is 7.85. The van der Waals surface area contributed by atoms with Gasteiger partial charge in [0.15, 0.2) is 0 Å². The van der Waals surface area contributed by atoms with E-state index in [1.54, 1.807) is 0 Å². The number of anilines is 1. The van der Waals surface area contributed by atoms with Crippen molar-refractivity contribution in [2.45, 2.75) is 52.9 Å².